The van der Waals surface area contributed by atoms with Gasteiger partial charge in [-0.05, 0) is 72.6 Å². The number of carbonyl (C=O) groups is 1. The molecule has 5 rings (SSSR count). The summed E-state index contributed by atoms with van der Waals surface area (Å²) in [6.45, 7) is 5.98. The minimum absolute atomic E-state index is 0.178. The summed E-state index contributed by atoms with van der Waals surface area (Å²) in [6.07, 6.45) is 1.69. The SMILES string of the molecule is CCOC(=O)C1=C(C)N=c2s/c(=C/c3cc(Br)c(Sc4ccccc4)o3)c(=O)n2[C@@H]1c1cc(OC)c(OCC)cc1Br. The number of carbonyl (C=O) groups excluding carboxylic acids is 1. The molecule has 1 aliphatic heterocycles. The Morgan fingerprint density at radius 3 is 2.57 bits per heavy atom. The molecule has 0 fully saturated rings. The van der Waals surface area contributed by atoms with Gasteiger partial charge in [0.15, 0.2) is 21.4 Å². The van der Waals surface area contributed by atoms with Crippen molar-refractivity contribution in [1.82, 2.24) is 4.57 Å². The zero-order valence-corrected chi connectivity index (χ0v) is 27.9. The molecule has 0 N–H and O–H groups in total. The lowest BCUT2D eigenvalue weighted by Crippen LogP contribution is -2.40. The van der Waals surface area contributed by atoms with Crippen LogP contribution in [0, 0.1) is 0 Å². The van der Waals surface area contributed by atoms with Crippen molar-refractivity contribution in [1.29, 1.82) is 0 Å². The van der Waals surface area contributed by atoms with E-state index in [1.54, 1.807) is 39.2 Å². The molecule has 3 heterocycles. The number of nitrogens with zero attached hydrogens (tertiary/aromatic N) is 2. The van der Waals surface area contributed by atoms with Crippen molar-refractivity contribution in [2.45, 2.75) is 36.8 Å². The van der Waals surface area contributed by atoms with Gasteiger partial charge in [-0.3, -0.25) is 9.36 Å². The van der Waals surface area contributed by atoms with E-state index in [0.717, 1.165) is 9.37 Å². The Morgan fingerprint density at radius 1 is 1.12 bits per heavy atom. The van der Waals surface area contributed by atoms with Gasteiger partial charge in [0.25, 0.3) is 5.56 Å². The number of allylic oxidation sites excluding steroid dienone is 1. The summed E-state index contributed by atoms with van der Waals surface area (Å²) in [6, 6.07) is 14.4. The molecule has 0 saturated heterocycles. The molecule has 218 valence electrons. The predicted molar refractivity (Wildman–Crippen MR) is 169 cm³/mol. The molecule has 42 heavy (non-hydrogen) atoms. The number of furan rings is 1. The third-order valence-corrected chi connectivity index (χ3v) is 9.81. The van der Waals surface area contributed by atoms with Crippen LogP contribution in [0.1, 0.15) is 38.1 Å². The Labute approximate surface area is 267 Å². The van der Waals surface area contributed by atoms with Crippen LogP contribution in [0.3, 0.4) is 0 Å². The minimum Gasteiger partial charge on any atom is -0.493 e. The summed E-state index contributed by atoms with van der Waals surface area (Å²) in [4.78, 5) is 33.4. The van der Waals surface area contributed by atoms with E-state index in [1.807, 2.05) is 43.3 Å². The lowest BCUT2D eigenvalue weighted by molar-refractivity contribution is -0.139. The van der Waals surface area contributed by atoms with E-state index in [4.69, 9.17) is 18.6 Å². The summed E-state index contributed by atoms with van der Waals surface area (Å²) < 4.78 is 26.2. The van der Waals surface area contributed by atoms with Crippen molar-refractivity contribution in [2.75, 3.05) is 20.3 Å². The number of hydrogen-bond donors (Lipinski definition) is 0. The maximum atomic E-state index is 14.0. The zero-order valence-electron chi connectivity index (χ0n) is 23.1. The molecule has 2 aromatic carbocycles. The average Bonchev–Trinajstić information content (AvgIpc) is 3.46. The van der Waals surface area contributed by atoms with E-state index in [2.05, 4.69) is 36.9 Å². The van der Waals surface area contributed by atoms with Crippen LogP contribution in [0.5, 0.6) is 11.5 Å². The highest BCUT2D eigenvalue weighted by molar-refractivity contribution is 9.10. The van der Waals surface area contributed by atoms with E-state index in [1.165, 1.54) is 27.7 Å². The van der Waals surface area contributed by atoms with Crippen LogP contribution in [0.25, 0.3) is 6.08 Å². The molecule has 0 amide bonds. The lowest BCUT2D eigenvalue weighted by atomic mass is 9.95. The molecule has 8 nitrogen and oxygen atoms in total. The second-order valence-corrected chi connectivity index (χ2v) is 12.7. The summed E-state index contributed by atoms with van der Waals surface area (Å²) in [5.74, 6) is 0.968. The first-order chi connectivity index (χ1) is 20.2. The van der Waals surface area contributed by atoms with E-state index in [9.17, 15) is 9.59 Å². The third-order valence-electron chi connectivity index (χ3n) is 6.30. The lowest BCUT2D eigenvalue weighted by Gasteiger charge is -2.26. The van der Waals surface area contributed by atoms with Crippen LogP contribution >= 0.6 is 55.0 Å². The molecular weight excluding hydrogens is 708 g/mol. The molecule has 1 aliphatic rings. The van der Waals surface area contributed by atoms with Crippen LogP contribution in [0.15, 0.2) is 92.9 Å². The smallest absolute Gasteiger partial charge is 0.338 e. The number of hydrogen-bond acceptors (Lipinski definition) is 9. The van der Waals surface area contributed by atoms with Crippen LogP contribution in [-0.2, 0) is 9.53 Å². The summed E-state index contributed by atoms with van der Waals surface area (Å²) in [5.41, 5.74) is 1.04. The second-order valence-electron chi connectivity index (χ2n) is 8.96. The van der Waals surface area contributed by atoms with Crippen molar-refractivity contribution in [3.8, 4) is 11.5 Å². The van der Waals surface area contributed by atoms with Crippen molar-refractivity contribution >= 4 is 67.0 Å². The van der Waals surface area contributed by atoms with E-state index < -0.39 is 12.0 Å². The Morgan fingerprint density at radius 2 is 1.88 bits per heavy atom. The zero-order chi connectivity index (χ0) is 30.0. The highest BCUT2D eigenvalue weighted by atomic mass is 79.9. The molecule has 0 radical (unpaired) electrons. The van der Waals surface area contributed by atoms with Gasteiger partial charge in [0, 0.05) is 15.4 Å². The summed E-state index contributed by atoms with van der Waals surface area (Å²) in [5, 5.41) is 0.670. The molecule has 12 heteroatoms. The van der Waals surface area contributed by atoms with Crippen molar-refractivity contribution < 1.29 is 23.4 Å². The van der Waals surface area contributed by atoms with Crippen LogP contribution in [0.4, 0.5) is 0 Å². The van der Waals surface area contributed by atoms with Crippen molar-refractivity contribution in [3.63, 3.8) is 0 Å². The topological polar surface area (TPSA) is 92.3 Å². The molecule has 0 spiro atoms. The number of methoxy groups -OCH3 is 1. The van der Waals surface area contributed by atoms with Gasteiger partial charge in [-0.1, -0.05) is 57.2 Å². The largest absolute Gasteiger partial charge is 0.493 e. The molecule has 0 bridgehead atoms. The van der Waals surface area contributed by atoms with E-state index in [0.29, 0.717) is 54.0 Å². The van der Waals surface area contributed by atoms with Crippen LogP contribution in [-0.4, -0.2) is 30.9 Å². The molecule has 0 aliphatic carbocycles. The average molecular weight is 734 g/mol. The maximum absolute atomic E-state index is 14.0. The number of aromatic nitrogens is 1. The normalized spacial score (nSPS) is 14.9. The second kappa shape index (κ2) is 13.1. The molecule has 4 aromatic rings. The molecular formula is C30H26Br2N2O6S2. The first-order valence-corrected chi connectivity index (χ1v) is 16.2. The monoisotopic (exact) mass is 732 g/mol. The first kappa shape index (κ1) is 30.4. The Hall–Kier alpha value is -3.06. The third kappa shape index (κ3) is 6.03. The highest BCUT2D eigenvalue weighted by Gasteiger charge is 2.35. The van der Waals surface area contributed by atoms with Gasteiger partial charge in [-0.25, -0.2) is 9.79 Å². The van der Waals surface area contributed by atoms with Crippen molar-refractivity contribution in [2.24, 2.45) is 4.99 Å². The van der Waals surface area contributed by atoms with E-state index >= 15 is 0 Å². The molecule has 1 atom stereocenters. The molecule has 0 unspecified atom stereocenters. The number of benzene rings is 2. The van der Waals surface area contributed by atoms with E-state index in [-0.39, 0.29) is 17.7 Å². The maximum Gasteiger partial charge on any atom is 0.338 e. The number of thiazole rings is 1. The van der Waals surface area contributed by atoms with Gasteiger partial charge in [0.05, 0.1) is 46.6 Å². The molecule has 0 saturated carbocycles. The Kier molecular flexibility index (Phi) is 9.46. The van der Waals surface area contributed by atoms with Gasteiger partial charge in [-0.15, -0.1) is 0 Å². The minimum atomic E-state index is -0.825. The number of fused-ring (bicyclic) bond motifs is 1. The highest BCUT2D eigenvalue weighted by Crippen LogP contribution is 2.41. The van der Waals surface area contributed by atoms with Gasteiger partial charge in [-0.2, -0.15) is 0 Å². The fourth-order valence-corrected chi connectivity index (χ4v) is 7.43. The van der Waals surface area contributed by atoms with Crippen molar-refractivity contribution in [3.05, 3.63) is 99.8 Å². The number of ether oxygens (including phenoxy) is 3. The number of halogens is 2. The van der Waals surface area contributed by atoms with Crippen LogP contribution < -0.4 is 24.4 Å². The fraction of sp³-hybridized carbons (Fsp3) is 0.233. The number of esters is 1. The Balaban J connectivity index is 1.66. The predicted octanol–water partition coefficient (Wildman–Crippen LogP) is 6.47. The fourth-order valence-electron chi connectivity index (χ4n) is 4.51. The number of rotatable bonds is 9. The standard InChI is InChI=1S/C30H26Br2N2O6S2/c1-5-38-23-15-20(31)19(14-22(23)37-4)26-25(28(36)39-6-2)16(3)33-30-34(26)27(35)24(42-30)13-17-12-21(32)29(40-17)41-18-10-8-7-9-11-18/h7-15,26H,5-6H2,1-4H3/b24-13+/t26-/m1/s1. The Bertz CT molecular complexity index is 1860. The quantitative estimate of drug-likeness (QED) is 0.182. The molecule has 2 aromatic heterocycles. The first-order valence-electron chi connectivity index (χ1n) is 13.0. The summed E-state index contributed by atoms with van der Waals surface area (Å²) in [7, 11) is 1.54. The van der Waals surface area contributed by atoms with Gasteiger partial charge in [0.2, 0.25) is 0 Å². The van der Waals surface area contributed by atoms with Gasteiger partial charge in [0.1, 0.15) is 5.76 Å². The summed E-state index contributed by atoms with van der Waals surface area (Å²) >= 11 is 9.91. The van der Waals surface area contributed by atoms with Gasteiger partial charge < -0.3 is 18.6 Å². The van der Waals surface area contributed by atoms with Gasteiger partial charge >= 0.3 is 5.97 Å². The van der Waals surface area contributed by atoms with Crippen LogP contribution in [0.2, 0.25) is 0 Å².